The zero-order valence-electron chi connectivity index (χ0n) is 16.3. The Bertz CT molecular complexity index is 1230. The topological polar surface area (TPSA) is 81.1 Å². The van der Waals surface area contributed by atoms with E-state index in [0.29, 0.717) is 37.0 Å². The van der Waals surface area contributed by atoms with Gasteiger partial charge < -0.3 is 9.79 Å². The Morgan fingerprint density at radius 2 is 1.66 bits per heavy atom. The van der Waals surface area contributed by atoms with E-state index >= 15 is 0 Å². The summed E-state index contributed by atoms with van der Waals surface area (Å²) in [5.41, 5.74) is 2.52. The van der Waals surface area contributed by atoms with E-state index in [1.165, 1.54) is 4.31 Å². The third-order valence-electron chi connectivity index (χ3n) is 4.64. The van der Waals surface area contributed by atoms with Crippen LogP contribution in [0.3, 0.4) is 0 Å². The highest BCUT2D eigenvalue weighted by Gasteiger charge is 2.31. The maximum absolute atomic E-state index is 12.8. The smallest absolute Gasteiger partial charge is 0.323 e. The number of hydrogen-bond acceptors (Lipinski definition) is 4. The monoisotopic (exact) mass is 528 g/mol. The molecule has 1 amide bonds. The normalized spacial score (nSPS) is 13.4. The summed E-state index contributed by atoms with van der Waals surface area (Å²) in [4.78, 5) is 34.2. The van der Waals surface area contributed by atoms with E-state index in [1.54, 1.807) is 65.6 Å². The fraction of sp³-hybridized carbons (Fsp3) is 0.0952. The average molecular weight is 530 g/mol. The van der Waals surface area contributed by atoms with Gasteiger partial charge in [0.05, 0.1) is 22.8 Å². The molecule has 0 spiro atoms. The Morgan fingerprint density at radius 3 is 2.31 bits per heavy atom. The predicted octanol–water partition coefficient (Wildman–Crippen LogP) is 6.52. The molecule has 0 fully saturated rings. The summed E-state index contributed by atoms with van der Waals surface area (Å²) < 4.78 is 13.3. The molecule has 3 aromatic rings. The Kier molecular flexibility index (Phi) is 6.80. The highest BCUT2D eigenvalue weighted by Crippen LogP contribution is 2.45. The number of halogens is 3. The summed E-state index contributed by atoms with van der Waals surface area (Å²) in [5.74, 6) is -0.138. The van der Waals surface area contributed by atoms with Crippen LogP contribution in [-0.4, -0.2) is 22.0 Å². The molecule has 11 heteroatoms. The minimum absolute atomic E-state index is 0.138. The molecule has 3 aromatic carbocycles. The number of rotatable bonds is 6. The predicted molar refractivity (Wildman–Crippen MR) is 130 cm³/mol. The molecule has 0 radical (unpaired) electrons. The number of anilines is 3. The summed E-state index contributed by atoms with van der Waals surface area (Å²) in [6.45, 7) is 0. The van der Waals surface area contributed by atoms with Crippen LogP contribution in [0.5, 0.6) is 0 Å². The van der Waals surface area contributed by atoms with Gasteiger partial charge in [0.15, 0.2) is 0 Å². The van der Waals surface area contributed by atoms with Gasteiger partial charge in [0.1, 0.15) is 6.29 Å². The van der Waals surface area contributed by atoms with Crippen LogP contribution in [0.2, 0.25) is 15.1 Å². The SMILES string of the molecule is O=C1Cc2cc(N(CP(=O)(O)O)Sc3cc(Cl)cc(Cl)c3)ccc2N1c1ccccc1Cl. The lowest BCUT2D eigenvalue weighted by Gasteiger charge is -2.25. The minimum atomic E-state index is -4.40. The number of amides is 1. The molecule has 32 heavy (non-hydrogen) atoms. The highest BCUT2D eigenvalue weighted by molar-refractivity contribution is 8.01. The lowest BCUT2D eigenvalue weighted by molar-refractivity contribution is -0.116. The van der Waals surface area contributed by atoms with Crippen molar-refractivity contribution in [3.63, 3.8) is 0 Å². The summed E-state index contributed by atoms with van der Waals surface area (Å²) in [5, 5.41) is 1.27. The van der Waals surface area contributed by atoms with Crippen molar-refractivity contribution in [3.8, 4) is 0 Å². The van der Waals surface area contributed by atoms with Crippen molar-refractivity contribution in [2.45, 2.75) is 11.3 Å². The molecule has 0 aromatic heterocycles. The van der Waals surface area contributed by atoms with Crippen molar-refractivity contribution in [2.24, 2.45) is 0 Å². The molecule has 1 aliphatic rings. The number of benzene rings is 3. The maximum Gasteiger partial charge on any atom is 0.345 e. The number of nitrogens with zero attached hydrogens (tertiary/aromatic N) is 2. The van der Waals surface area contributed by atoms with Crippen molar-refractivity contribution < 1.29 is 19.1 Å². The fourth-order valence-corrected chi connectivity index (χ4v) is 6.29. The lowest BCUT2D eigenvalue weighted by atomic mass is 10.1. The van der Waals surface area contributed by atoms with Gasteiger partial charge >= 0.3 is 7.60 Å². The first-order valence-corrected chi connectivity index (χ1v) is 13.0. The molecule has 1 aliphatic heterocycles. The Morgan fingerprint density at radius 1 is 0.969 bits per heavy atom. The van der Waals surface area contributed by atoms with E-state index in [0.717, 1.165) is 17.5 Å². The summed E-state index contributed by atoms with van der Waals surface area (Å²) in [6, 6.07) is 17.1. The Labute approximate surface area is 204 Å². The molecule has 0 bridgehead atoms. The maximum atomic E-state index is 12.8. The van der Waals surface area contributed by atoms with Crippen LogP contribution in [0.1, 0.15) is 5.56 Å². The average Bonchev–Trinajstić information content (AvgIpc) is 3.01. The molecular formula is C21H16Cl3N2O4PS. The molecule has 0 atom stereocenters. The van der Waals surface area contributed by atoms with Crippen molar-refractivity contribution in [2.75, 3.05) is 15.5 Å². The van der Waals surface area contributed by atoms with Crippen LogP contribution in [-0.2, 0) is 15.8 Å². The number of fused-ring (bicyclic) bond motifs is 1. The minimum Gasteiger partial charge on any atom is -0.323 e. The molecule has 4 rings (SSSR count). The molecule has 0 saturated carbocycles. The van der Waals surface area contributed by atoms with Crippen molar-refractivity contribution in [3.05, 3.63) is 81.3 Å². The molecule has 6 nitrogen and oxygen atoms in total. The number of carbonyl (C=O) groups is 1. The Hall–Kier alpha value is -1.70. The largest absolute Gasteiger partial charge is 0.345 e. The lowest BCUT2D eigenvalue weighted by Crippen LogP contribution is -2.21. The van der Waals surface area contributed by atoms with Gasteiger partial charge in [-0.05, 0) is 66.0 Å². The van der Waals surface area contributed by atoms with Crippen molar-refractivity contribution in [1.82, 2.24) is 0 Å². The first-order valence-electron chi connectivity index (χ1n) is 9.27. The fourth-order valence-electron chi connectivity index (χ4n) is 3.40. The van der Waals surface area contributed by atoms with Gasteiger partial charge in [0.25, 0.3) is 0 Å². The molecule has 0 aliphatic carbocycles. The first kappa shape index (κ1) is 23.5. The molecule has 0 unspecified atom stereocenters. The van der Waals surface area contributed by atoms with Crippen LogP contribution < -0.4 is 9.21 Å². The zero-order valence-corrected chi connectivity index (χ0v) is 20.3. The van der Waals surface area contributed by atoms with Crippen molar-refractivity contribution >= 4 is 77.3 Å². The quantitative estimate of drug-likeness (QED) is 0.280. The molecule has 166 valence electrons. The molecule has 2 N–H and O–H groups in total. The molecule has 1 heterocycles. The van der Waals surface area contributed by atoms with Crippen LogP contribution in [0, 0.1) is 0 Å². The second-order valence-electron chi connectivity index (χ2n) is 7.05. The van der Waals surface area contributed by atoms with Crippen LogP contribution >= 0.6 is 54.3 Å². The highest BCUT2D eigenvalue weighted by atomic mass is 35.5. The Balaban J connectivity index is 1.71. The summed E-state index contributed by atoms with van der Waals surface area (Å²) in [7, 11) is -4.40. The zero-order chi connectivity index (χ0) is 23.0. The summed E-state index contributed by atoms with van der Waals surface area (Å²) in [6.07, 6.45) is -0.394. The molecule has 0 saturated heterocycles. The van der Waals surface area contributed by atoms with Gasteiger partial charge in [-0.15, -0.1) is 0 Å². The second-order valence-corrected chi connectivity index (χ2v) is 11.0. The number of hydrogen-bond donors (Lipinski definition) is 2. The van der Waals surface area contributed by atoms with Gasteiger partial charge in [-0.25, -0.2) is 0 Å². The number of carbonyl (C=O) groups excluding carboxylic acids is 1. The van der Waals surface area contributed by atoms with Crippen LogP contribution in [0.25, 0.3) is 0 Å². The summed E-state index contributed by atoms with van der Waals surface area (Å²) >= 11 is 19.5. The van der Waals surface area contributed by atoms with E-state index in [1.807, 2.05) is 0 Å². The third-order valence-corrected chi connectivity index (χ3v) is 7.25. The number of para-hydroxylation sites is 1. The van der Waals surface area contributed by atoms with Gasteiger partial charge in [-0.2, -0.15) is 0 Å². The van der Waals surface area contributed by atoms with Gasteiger partial charge in [-0.3, -0.25) is 18.6 Å². The third kappa shape index (κ3) is 5.26. The molecular weight excluding hydrogens is 514 g/mol. The first-order chi connectivity index (χ1) is 15.1. The van der Waals surface area contributed by atoms with E-state index in [4.69, 9.17) is 34.8 Å². The van der Waals surface area contributed by atoms with E-state index in [2.05, 4.69) is 0 Å². The van der Waals surface area contributed by atoms with Crippen LogP contribution in [0.4, 0.5) is 17.1 Å². The van der Waals surface area contributed by atoms with Crippen LogP contribution in [0.15, 0.2) is 65.6 Å². The van der Waals surface area contributed by atoms with E-state index in [-0.39, 0.29) is 12.3 Å². The van der Waals surface area contributed by atoms with E-state index in [9.17, 15) is 19.1 Å². The standard InChI is InChI=1S/C21H16Cl3N2O4PS/c22-14-9-15(23)11-17(10-14)32-25(12-31(28,29)30)16-5-6-19-13(7-16)8-21(27)26(19)20-4-2-1-3-18(20)24/h1-7,9-11H,8,12H2,(H2,28,29,30). The second kappa shape index (κ2) is 9.27. The van der Waals surface area contributed by atoms with E-state index < -0.39 is 13.9 Å². The van der Waals surface area contributed by atoms with Crippen molar-refractivity contribution in [1.29, 1.82) is 0 Å². The van der Waals surface area contributed by atoms with Gasteiger partial charge in [0, 0.05) is 20.6 Å². The van der Waals surface area contributed by atoms with Gasteiger partial charge in [0.2, 0.25) is 5.91 Å². The van der Waals surface area contributed by atoms with Gasteiger partial charge in [-0.1, -0.05) is 46.9 Å².